The van der Waals surface area contributed by atoms with Crippen molar-refractivity contribution in [2.24, 2.45) is 10.7 Å². The van der Waals surface area contributed by atoms with Crippen molar-refractivity contribution in [3.63, 3.8) is 0 Å². The molecule has 5 nitrogen and oxygen atoms in total. The molecule has 0 bridgehead atoms. The number of nitrogens with two attached hydrogens (primary N) is 1. The number of allylic oxidation sites excluding steroid dienone is 1. The Hall–Kier alpha value is -2.74. The first-order valence-corrected chi connectivity index (χ1v) is 9.30. The molecule has 3 N–H and O–H groups in total. The molecule has 0 fully saturated rings. The number of rotatable bonds is 7. The van der Waals surface area contributed by atoms with Gasteiger partial charge in [-0.3, -0.25) is 4.99 Å². The Kier molecular flexibility index (Phi) is 6.46. The van der Waals surface area contributed by atoms with Crippen LogP contribution < -0.4 is 11.1 Å². The van der Waals surface area contributed by atoms with Crippen molar-refractivity contribution < 1.29 is 16.7 Å². The summed E-state index contributed by atoms with van der Waals surface area (Å²) in [6.07, 6.45) is 3.12. The van der Waals surface area contributed by atoms with Crippen LogP contribution in [0.4, 0.5) is 14.0 Å². The van der Waals surface area contributed by atoms with Crippen LogP contribution in [-0.4, -0.2) is 34.0 Å². The van der Waals surface area contributed by atoms with Crippen LogP contribution in [0, 0.1) is 5.82 Å². The summed E-state index contributed by atoms with van der Waals surface area (Å²) in [6, 6.07) is 11.3. The van der Waals surface area contributed by atoms with Gasteiger partial charge in [0.05, 0.1) is 5.75 Å². The molecule has 0 atom stereocenters. The number of anilines is 1. The van der Waals surface area contributed by atoms with E-state index in [1.54, 1.807) is 43.5 Å². The van der Waals surface area contributed by atoms with Crippen LogP contribution in [0.15, 0.2) is 53.5 Å². The first-order valence-electron chi connectivity index (χ1n) is 7.74. The van der Waals surface area contributed by atoms with Gasteiger partial charge in [-0.1, -0.05) is 18.2 Å². The Morgan fingerprint density at radius 2 is 1.85 bits per heavy atom. The fraction of sp³-hybridized carbons (Fsp3) is 0.167. The SMILES string of the molecule is CN=CC=C(N)c1cc(-c2ccc(F)cc2)ccc1NCCS(=O)(=O)F. The maximum Gasteiger partial charge on any atom is 0.304 e. The molecule has 0 spiro atoms. The number of benzene rings is 2. The topological polar surface area (TPSA) is 84.5 Å². The molecule has 2 rings (SSSR count). The van der Waals surface area contributed by atoms with E-state index in [0.717, 1.165) is 11.1 Å². The number of hydrogen-bond acceptors (Lipinski definition) is 5. The Bertz CT molecular complexity index is 924. The lowest BCUT2D eigenvalue weighted by Crippen LogP contribution is -2.13. The quantitative estimate of drug-likeness (QED) is 0.571. The van der Waals surface area contributed by atoms with E-state index in [1.807, 2.05) is 0 Å². The van der Waals surface area contributed by atoms with Crippen LogP contribution in [0.3, 0.4) is 0 Å². The van der Waals surface area contributed by atoms with Gasteiger partial charge in [-0.15, -0.1) is 3.89 Å². The fourth-order valence-electron chi connectivity index (χ4n) is 2.31. The summed E-state index contributed by atoms with van der Waals surface area (Å²) in [6.45, 7) is -0.100. The highest BCUT2D eigenvalue weighted by Crippen LogP contribution is 2.28. The van der Waals surface area contributed by atoms with Gasteiger partial charge in [-0.25, -0.2) is 4.39 Å². The molecule has 0 saturated heterocycles. The van der Waals surface area contributed by atoms with Gasteiger partial charge < -0.3 is 11.1 Å². The highest BCUT2D eigenvalue weighted by atomic mass is 32.3. The number of halogens is 2. The van der Waals surface area contributed by atoms with Gasteiger partial charge in [-0.2, -0.15) is 8.42 Å². The van der Waals surface area contributed by atoms with Crippen molar-refractivity contribution in [3.05, 3.63) is 59.9 Å². The summed E-state index contributed by atoms with van der Waals surface area (Å²) in [4.78, 5) is 3.84. The van der Waals surface area contributed by atoms with Crippen LogP contribution in [0.1, 0.15) is 5.56 Å². The van der Waals surface area contributed by atoms with Crippen molar-refractivity contribution in [2.75, 3.05) is 24.7 Å². The molecule has 0 aliphatic rings. The summed E-state index contributed by atoms with van der Waals surface area (Å²) < 4.78 is 47.1. The zero-order valence-corrected chi connectivity index (χ0v) is 14.9. The van der Waals surface area contributed by atoms with Crippen molar-refractivity contribution in [3.8, 4) is 11.1 Å². The van der Waals surface area contributed by atoms with Gasteiger partial charge in [0.25, 0.3) is 0 Å². The summed E-state index contributed by atoms with van der Waals surface area (Å²) in [5.74, 6) is -0.982. The summed E-state index contributed by atoms with van der Waals surface area (Å²) in [5, 5.41) is 2.87. The van der Waals surface area contributed by atoms with Gasteiger partial charge in [0.1, 0.15) is 5.82 Å². The number of nitrogens with zero attached hydrogens (tertiary/aromatic N) is 1. The lowest BCUT2D eigenvalue weighted by atomic mass is 10.00. The molecule has 8 heteroatoms. The zero-order chi connectivity index (χ0) is 19.2. The lowest BCUT2D eigenvalue weighted by molar-refractivity contribution is 0.552. The maximum atomic E-state index is 13.1. The molecule has 26 heavy (non-hydrogen) atoms. The van der Waals surface area contributed by atoms with Gasteiger partial charge in [-0.05, 0) is 41.5 Å². The molecule has 0 heterocycles. The minimum Gasteiger partial charge on any atom is -0.398 e. The fourth-order valence-corrected chi connectivity index (χ4v) is 2.66. The van der Waals surface area contributed by atoms with Crippen LogP contribution in [-0.2, 0) is 10.2 Å². The summed E-state index contributed by atoms with van der Waals surface area (Å²) in [5.41, 5.74) is 9.23. The summed E-state index contributed by atoms with van der Waals surface area (Å²) >= 11 is 0. The Morgan fingerprint density at radius 3 is 2.46 bits per heavy atom. The number of hydrogen-bond donors (Lipinski definition) is 2. The highest BCUT2D eigenvalue weighted by Gasteiger charge is 2.10. The van der Waals surface area contributed by atoms with Gasteiger partial charge >= 0.3 is 10.2 Å². The average molecular weight is 379 g/mol. The van der Waals surface area contributed by atoms with Crippen LogP contribution >= 0.6 is 0 Å². The highest BCUT2D eigenvalue weighted by molar-refractivity contribution is 7.86. The third kappa shape index (κ3) is 5.66. The predicted octanol–water partition coefficient (Wildman–Crippen LogP) is 3.20. The van der Waals surface area contributed by atoms with Crippen molar-refractivity contribution >= 4 is 27.8 Å². The van der Waals surface area contributed by atoms with E-state index in [-0.39, 0.29) is 12.4 Å². The molecule has 0 aliphatic carbocycles. The van der Waals surface area contributed by atoms with E-state index in [0.29, 0.717) is 16.9 Å². The number of aliphatic imine (C=N–C) groups is 1. The minimum absolute atomic E-state index is 0.100. The molecule has 2 aromatic rings. The Balaban J connectivity index is 2.39. The van der Waals surface area contributed by atoms with E-state index < -0.39 is 16.0 Å². The third-order valence-corrected chi connectivity index (χ3v) is 4.26. The monoisotopic (exact) mass is 379 g/mol. The zero-order valence-electron chi connectivity index (χ0n) is 14.1. The first-order chi connectivity index (χ1) is 12.3. The second kappa shape index (κ2) is 8.57. The Morgan fingerprint density at radius 1 is 1.19 bits per heavy atom. The smallest absolute Gasteiger partial charge is 0.304 e. The van der Waals surface area contributed by atoms with Gasteiger partial charge in [0.15, 0.2) is 0 Å². The maximum absolute atomic E-state index is 13.1. The molecule has 0 radical (unpaired) electrons. The molecule has 138 valence electrons. The molecule has 0 unspecified atom stereocenters. The third-order valence-electron chi connectivity index (χ3n) is 3.57. The largest absolute Gasteiger partial charge is 0.398 e. The van der Waals surface area contributed by atoms with Crippen molar-refractivity contribution in [2.45, 2.75) is 0 Å². The van der Waals surface area contributed by atoms with Crippen LogP contribution in [0.2, 0.25) is 0 Å². The normalized spacial score (nSPS) is 12.5. The van der Waals surface area contributed by atoms with Crippen molar-refractivity contribution in [1.29, 1.82) is 0 Å². The molecular weight excluding hydrogens is 360 g/mol. The van der Waals surface area contributed by atoms with Crippen LogP contribution in [0.5, 0.6) is 0 Å². The van der Waals surface area contributed by atoms with E-state index in [9.17, 15) is 16.7 Å². The molecule has 0 aromatic heterocycles. The average Bonchev–Trinajstić information content (AvgIpc) is 2.59. The molecule has 0 amide bonds. The molecule has 2 aromatic carbocycles. The van der Waals surface area contributed by atoms with E-state index in [4.69, 9.17) is 5.73 Å². The van der Waals surface area contributed by atoms with E-state index in [1.165, 1.54) is 18.3 Å². The van der Waals surface area contributed by atoms with E-state index in [2.05, 4.69) is 10.3 Å². The minimum atomic E-state index is -4.56. The number of nitrogens with one attached hydrogen (secondary N) is 1. The second-order valence-corrected chi connectivity index (χ2v) is 6.95. The van der Waals surface area contributed by atoms with E-state index >= 15 is 0 Å². The van der Waals surface area contributed by atoms with Gasteiger partial charge in [0, 0.05) is 36.8 Å². The van der Waals surface area contributed by atoms with Crippen molar-refractivity contribution in [1.82, 2.24) is 0 Å². The summed E-state index contributed by atoms with van der Waals surface area (Å²) in [7, 11) is -2.96. The first kappa shape index (κ1) is 19.6. The second-order valence-electron chi connectivity index (χ2n) is 5.47. The standard InChI is InChI=1S/C18H19F2N3O2S/c1-22-9-8-17(21)16-12-14(13-2-5-15(19)6-3-13)4-7-18(16)23-10-11-26(20,24)25/h2-9,12,23H,10-11,21H2,1H3. The van der Waals surface area contributed by atoms with Crippen LogP contribution in [0.25, 0.3) is 16.8 Å². The Labute approximate surface area is 151 Å². The van der Waals surface area contributed by atoms with Gasteiger partial charge in [0.2, 0.25) is 0 Å². The molecule has 0 aliphatic heterocycles. The predicted molar refractivity (Wildman–Crippen MR) is 102 cm³/mol. The molecular formula is C18H19F2N3O2S. The molecule has 0 saturated carbocycles. The lowest BCUT2D eigenvalue weighted by Gasteiger charge is -2.14.